The van der Waals surface area contributed by atoms with Crippen LogP contribution in [0.4, 0.5) is 14.5 Å². The number of aryl methyl sites for hydroxylation is 1. The van der Waals surface area contributed by atoms with Crippen LogP contribution < -0.4 is 5.32 Å². The van der Waals surface area contributed by atoms with Crippen LogP contribution in [-0.2, 0) is 9.53 Å². The smallest absolute Gasteiger partial charge is 0.341 e. The van der Waals surface area contributed by atoms with Crippen molar-refractivity contribution in [2.75, 3.05) is 11.9 Å². The number of nitrogens with zero attached hydrogens (tertiary/aromatic N) is 1. The zero-order chi connectivity index (χ0) is 17.5. The second kappa shape index (κ2) is 8.39. The van der Waals surface area contributed by atoms with Gasteiger partial charge in [-0.15, -0.1) is 0 Å². The molecule has 126 valence electrons. The number of benzene rings is 1. The number of carbonyl (C=O) groups is 2. The fraction of sp³-hybridized carbons (Fsp3) is 0.188. The molecule has 1 heterocycles. The molecule has 2 aromatic rings. The molecular weight excluding hydrogens is 338 g/mol. The van der Waals surface area contributed by atoms with E-state index in [0.717, 1.165) is 5.56 Å². The maximum absolute atomic E-state index is 12.5. The van der Waals surface area contributed by atoms with Crippen LogP contribution >= 0.6 is 11.8 Å². The second-order valence-corrected chi connectivity index (χ2v) is 5.70. The van der Waals surface area contributed by atoms with Gasteiger partial charge in [-0.2, -0.15) is 8.78 Å². The highest BCUT2D eigenvalue weighted by Gasteiger charge is 2.18. The summed E-state index contributed by atoms with van der Waals surface area (Å²) in [5.41, 5.74) is 1.50. The highest BCUT2D eigenvalue weighted by Crippen LogP contribution is 2.26. The third kappa shape index (κ3) is 5.31. The minimum Gasteiger partial charge on any atom is -0.452 e. The molecule has 0 saturated carbocycles. The number of halogens is 2. The molecule has 0 unspecified atom stereocenters. The molecule has 0 spiro atoms. The van der Waals surface area contributed by atoms with Gasteiger partial charge in [0.25, 0.3) is 11.7 Å². The van der Waals surface area contributed by atoms with Gasteiger partial charge in [-0.25, -0.2) is 9.78 Å². The van der Waals surface area contributed by atoms with Crippen LogP contribution in [-0.4, -0.2) is 29.2 Å². The summed E-state index contributed by atoms with van der Waals surface area (Å²) >= 11 is 0.146. The highest BCUT2D eigenvalue weighted by atomic mass is 32.2. The summed E-state index contributed by atoms with van der Waals surface area (Å²) in [6, 6.07) is 9.83. The third-order valence-electron chi connectivity index (χ3n) is 2.86. The number of esters is 1. The number of alkyl halides is 2. The van der Waals surface area contributed by atoms with Gasteiger partial charge in [-0.05, 0) is 43.0 Å². The summed E-state index contributed by atoms with van der Waals surface area (Å²) in [5, 5.41) is 2.42. The Bertz CT molecular complexity index is 724. The fourth-order valence-corrected chi connectivity index (χ4v) is 2.34. The van der Waals surface area contributed by atoms with E-state index in [1.807, 2.05) is 19.1 Å². The first-order chi connectivity index (χ1) is 11.5. The van der Waals surface area contributed by atoms with Crippen molar-refractivity contribution < 1.29 is 23.1 Å². The van der Waals surface area contributed by atoms with Crippen molar-refractivity contribution in [1.29, 1.82) is 0 Å². The Labute approximate surface area is 141 Å². The van der Waals surface area contributed by atoms with Crippen molar-refractivity contribution in [2.45, 2.75) is 17.7 Å². The molecule has 0 aliphatic rings. The van der Waals surface area contributed by atoms with Gasteiger partial charge in [0.15, 0.2) is 6.61 Å². The van der Waals surface area contributed by atoms with Gasteiger partial charge in [0, 0.05) is 11.9 Å². The Kier molecular flexibility index (Phi) is 6.25. The predicted octanol–water partition coefficient (Wildman–Crippen LogP) is 3.50. The van der Waals surface area contributed by atoms with Crippen LogP contribution in [0, 0.1) is 6.92 Å². The largest absolute Gasteiger partial charge is 0.452 e. The first-order valence-corrected chi connectivity index (χ1v) is 7.77. The lowest BCUT2D eigenvalue weighted by Crippen LogP contribution is -2.21. The van der Waals surface area contributed by atoms with Crippen molar-refractivity contribution in [3.63, 3.8) is 0 Å². The summed E-state index contributed by atoms with van der Waals surface area (Å²) in [7, 11) is 0. The molecule has 0 radical (unpaired) electrons. The Balaban J connectivity index is 1.93. The Hall–Kier alpha value is -2.48. The molecule has 2 rings (SSSR count). The number of thioether (sulfide) groups is 1. The molecule has 1 aromatic carbocycles. The minimum atomic E-state index is -2.71. The van der Waals surface area contributed by atoms with E-state index < -0.39 is 24.2 Å². The number of rotatable bonds is 6. The summed E-state index contributed by atoms with van der Waals surface area (Å²) in [4.78, 5) is 27.4. The van der Waals surface area contributed by atoms with Gasteiger partial charge in [0.1, 0.15) is 5.03 Å². The highest BCUT2D eigenvalue weighted by molar-refractivity contribution is 7.99. The maximum Gasteiger partial charge on any atom is 0.341 e. The number of nitrogens with one attached hydrogen (secondary N) is 1. The Morgan fingerprint density at radius 3 is 2.62 bits per heavy atom. The van der Waals surface area contributed by atoms with E-state index in [1.54, 1.807) is 12.1 Å². The normalized spacial score (nSPS) is 10.5. The van der Waals surface area contributed by atoms with Gasteiger partial charge in [0.05, 0.1) is 5.56 Å². The molecule has 0 atom stereocenters. The van der Waals surface area contributed by atoms with Crippen LogP contribution in [0.3, 0.4) is 0 Å². The van der Waals surface area contributed by atoms with Gasteiger partial charge in [0.2, 0.25) is 0 Å². The zero-order valence-electron chi connectivity index (χ0n) is 12.7. The van der Waals surface area contributed by atoms with Crippen molar-refractivity contribution in [1.82, 2.24) is 4.98 Å². The van der Waals surface area contributed by atoms with E-state index in [-0.39, 0.29) is 22.4 Å². The van der Waals surface area contributed by atoms with E-state index >= 15 is 0 Å². The fourth-order valence-electron chi connectivity index (χ4n) is 1.77. The first kappa shape index (κ1) is 17.9. The van der Waals surface area contributed by atoms with Crippen LogP contribution in [0.5, 0.6) is 0 Å². The molecule has 0 aliphatic heterocycles. The number of amides is 1. The molecule has 8 heteroatoms. The number of carbonyl (C=O) groups excluding carboxylic acids is 2. The second-order valence-electron chi connectivity index (χ2n) is 4.72. The maximum atomic E-state index is 12.5. The number of pyridine rings is 1. The monoisotopic (exact) mass is 352 g/mol. The summed E-state index contributed by atoms with van der Waals surface area (Å²) in [6.45, 7) is 1.39. The topological polar surface area (TPSA) is 68.3 Å². The Morgan fingerprint density at radius 2 is 1.96 bits per heavy atom. The van der Waals surface area contributed by atoms with E-state index in [2.05, 4.69) is 10.3 Å². The van der Waals surface area contributed by atoms with E-state index in [1.165, 1.54) is 18.3 Å². The van der Waals surface area contributed by atoms with E-state index in [9.17, 15) is 18.4 Å². The molecule has 0 bridgehead atoms. The average Bonchev–Trinajstić information content (AvgIpc) is 2.55. The number of ether oxygens (including phenoxy) is 1. The SMILES string of the molecule is Cc1ccc(NC(=O)COC(=O)c2cccnc2SC(F)F)cc1. The van der Waals surface area contributed by atoms with Gasteiger partial charge in [-0.3, -0.25) is 4.79 Å². The Morgan fingerprint density at radius 1 is 1.25 bits per heavy atom. The van der Waals surface area contributed by atoms with Crippen LogP contribution in [0.25, 0.3) is 0 Å². The van der Waals surface area contributed by atoms with Crippen LogP contribution in [0.1, 0.15) is 15.9 Å². The average molecular weight is 352 g/mol. The van der Waals surface area contributed by atoms with Gasteiger partial charge in [-0.1, -0.05) is 17.7 Å². The molecule has 0 saturated heterocycles. The van der Waals surface area contributed by atoms with E-state index in [0.29, 0.717) is 5.69 Å². The van der Waals surface area contributed by atoms with Crippen molar-refractivity contribution >= 4 is 29.3 Å². The van der Waals surface area contributed by atoms with E-state index in [4.69, 9.17) is 4.74 Å². The summed E-state index contributed by atoms with van der Waals surface area (Å²) in [5.74, 6) is -4.12. The molecule has 1 amide bonds. The number of hydrogen-bond donors (Lipinski definition) is 1. The van der Waals surface area contributed by atoms with Crippen molar-refractivity contribution in [3.05, 3.63) is 53.7 Å². The van der Waals surface area contributed by atoms with Crippen LogP contribution in [0.2, 0.25) is 0 Å². The standard InChI is InChI=1S/C16H14F2N2O3S/c1-10-4-6-11(7-5-10)20-13(21)9-23-15(22)12-3-2-8-19-14(12)24-16(17)18/h2-8,16H,9H2,1H3,(H,20,21). The van der Waals surface area contributed by atoms with Crippen molar-refractivity contribution in [3.8, 4) is 0 Å². The minimum absolute atomic E-state index is 0.106. The number of aromatic nitrogens is 1. The van der Waals surface area contributed by atoms with Crippen LogP contribution in [0.15, 0.2) is 47.6 Å². The number of anilines is 1. The molecule has 1 N–H and O–H groups in total. The summed E-state index contributed by atoms with van der Waals surface area (Å²) in [6.07, 6.45) is 1.30. The van der Waals surface area contributed by atoms with Crippen molar-refractivity contribution in [2.24, 2.45) is 0 Å². The molecule has 0 aliphatic carbocycles. The lowest BCUT2D eigenvalue weighted by Gasteiger charge is -2.09. The first-order valence-electron chi connectivity index (χ1n) is 6.89. The molecule has 24 heavy (non-hydrogen) atoms. The molecule has 5 nitrogen and oxygen atoms in total. The number of hydrogen-bond acceptors (Lipinski definition) is 5. The zero-order valence-corrected chi connectivity index (χ0v) is 13.5. The lowest BCUT2D eigenvalue weighted by molar-refractivity contribution is -0.119. The summed E-state index contributed by atoms with van der Waals surface area (Å²) < 4.78 is 29.8. The molecular formula is C16H14F2N2O3S. The quantitative estimate of drug-likeness (QED) is 0.637. The third-order valence-corrected chi connectivity index (χ3v) is 3.59. The predicted molar refractivity (Wildman–Crippen MR) is 86.2 cm³/mol. The molecule has 1 aromatic heterocycles. The van der Waals surface area contributed by atoms with Gasteiger partial charge >= 0.3 is 5.97 Å². The van der Waals surface area contributed by atoms with Gasteiger partial charge < -0.3 is 10.1 Å². The lowest BCUT2D eigenvalue weighted by atomic mass is 10.2. The molecule has 0 fully saturated rings.